The van der Waals surface area contributed by atoms with Crippen molar-refractivity contribution in [2.75, 3.05) is 32.5 Å². The number of aliphatic imine (C=N–C) groups is 1. The summed E-state index contributed by atoms with van der Waals surface area (Å²) in [5, 5.41) is 14.6. The smallest absolute Gasteiger partial charge is 0.410 e. The van der Waals surface area contributed by atoms with Gasteiger partial charge >= 0.3 is 12.1 Å². The number of carbonyl (C=O) groups excluding carboxylic acids is 4. The SMILES string of the molecule is CC[C@H]1OC(=O)[C@H](C)C(=O)[C@H](C)[C@@H](OC2O[C@H](C)C[C@H](N(C)C)[C@H]2O)[C@@](C)(CC#Cc2ccc(C(=O)Nc3cccnc3)s2)C[C@@H](C)C2=NCCN3C(=O)O[C@@]1(C)[C@H]3[C@H]2C. The van der Waals surface area contributed by atoms with Gasteiger partial charge in [-0.2, -0.15) is 0 Å². The minimum atomic E-state index is -1.20. The maximum Gasteiger partial charge on any atom is 0.410 e. The zero-order valence-electron chi connectivity index (χ0n) is 36.5. The Kier molecular flexibility index (Phi) is 13.9. The van der Waals surface area contributed by atoms with Gasteiger partial charge in [-0.1, -0.05) is 46.5 Å². The monoisotopic (exact) mass is 847 g/mol. The van der Waals surface area contributed by atoms with Crippen LogP contribution in [0, 0.1) is 40.9 Å². The standard InChI is InChI=1S/C45H61N5O9S/c1-11-34-45(8)38-27(4)35(47-20-21-50(38)43(55)59-45)25(2)23-44(7,18-12-15-31-16-17-33(60-31)40(53)48-30-14-13-19-46-24-30)39(28(5)36(51)29(6)41(54)57-34)58-42-37(52)32(49(9)10)22-26(3)56-42/h13-14,16-17,19,24-29,32,34,37-39,42,52H,11,18,20-23H2,1-10H3,(H,48,53)/t25-,26-,27+,28+,29-,32+,34-,37-,38-,39-,42?,44+,45-/m1/s1. The van der Waals surface area contributed by atoms with E-state index in [1.54, 1.807) is 55.4 Å². The summed E-state index contributed by atoms with van der Waals surface area (Å²) < 4.78 is 25.6. The van der Waals surface area contributed by atoms with E-state index in [-0.39, 0.29) is 36.3 Å². The number of hydrogen-bond acceptors (Lipinski definition) is 13. The van der Waals surface area contributed by atoms with Crippen molar-refractivity contribution in [1.82, 2.24) is 14.8 Å². The summed E-state index contributed by atoms with van der Waals surface area (Å²) in [6.45, 7) is 15.8. The predicted molar refractivity (Wildman–Crippen MR) is 228 cm³/mol. The summed E-state index contributed by atoms with van der Waals surface area (Å²) in [5.41, 5.74) is -0.645. The maximum atomic E-state index is 14.7. The molecule has 3 fully saturated rings. The lowest BCUT2D eigenvalue weighted by atomic mass is 9.66. The molecule has 14 nitrogen and oxygen atoms in total. The summed E-state index contributed by atoms with van der Waals surface area (Å²) in [7, 11) is 3.80. The first-order chi connectivity index (χ1) is 28.4. The number of nitrogens with one attached hydrogen (secondary N) is 1. The molecule has 3 saturated heterocycles. The zero-order chi connectivity index (χ0) is 43.7. The van der Waals surface area contributed by atoms with Crippen LogP contribution in [0.5, 0.6) is 0 Å². The molecule has 4 aliphatic heterocycles. The highest BCUT2D eigenvalue weighted by molar-refractivity contribution is 7.14. The van der Waals surface area contributed by atoms with E-state index in [1.165, 1.54) is 11.3 Å². The Hall–Kier alpha value is -4.20. The van der Waals surface area contributed by atoms with E-state index in [0.29, 0.717) is 47.8 Å². The Balaban J connectivity index is 1.42. The number of ketones is 1. The van der Waals surface area contributed by atoms with Crippen molar-refractivity contribution < 1.29 is 43.2 Å². The lowest BCUT2D eigenvalue weighted by Crippen LogP contribution is -2.58. The summed E-state index contributed by atoms with van der Waals surface area (Å²) in [6.07, 6.45) is 0.245. The molecule has 15 heteroatoms. The number of cyclic esters (lactones) is 1. The molecule has 0 saturated carbocycles. The highest BCUT2D eigenvalue weighted by Crippen LogP contribution is 2.46. The van der Waals surface area contributed by atoms with Crippen molar-refractivity contribution in [3.05, 3.63) is 46.4 Å². The second-order valence-corrected chi connectivity index (χ2v) is 18.8. The second kappa shape index (κ2) is 18.4. The fourth-order valence-electron chi connectivity index (χ4n) is 9.96. The van der Waals surface area contributed by atoms with Crippen molar-refractivity contribution in [1.29, 1.82) is 0 Å². The van der Waals surface area contributed by atoms with Crippen LogP contribution in [-0.2, 0) is 28.5 Å². The van der Waals surface area contributed by atoms with Gasteiger partial charge in [-0.05, 0) is 84.3 Å². The molecule has 0 spiro atoms. The quantitative estimate of drug-likeness (QED) is 0.196. The minimum absolute atomic E-state index is 0.196. The molecule has 0 radical (unpaired) electrons. The van der Waals surface area contributed by atoms with Gasteiger partial charge in [0.1, 0.15) is 18.1 Å². The van der Waals surface area contributed by atoms with E-state index >= 15 is 0 Å². The number of amides is 2. The molecule has 2 aromatic rings. The molecule has 6 heterocycles. The van der Waals surface area contributed by atoms with Gasteiger partial charge in [-0.15, -0.1) is 11.3 Å². The minimum Gasteiger partial charge on any atom is -0.458 e. The molecule has 1 unspecified atom stereocenters. The molecule has 60 heavy (non-hydrogen) atoms. The van der Waals surface area contributed by atoms with E-state index in [1.807, 2.05) is 53.6 Å². The molecule has 2 amide bonds. The van der Waals surface area contributed by atoms with Gasteiger partial charge in [0.25, 0.3) is 5.91 Å². The third-order valence-corrected chi connectivity index (χ3v) is 14.0. The van der Waals surface area contributed by atoms with E-state index in [2.05, 4.69) is 29.1 Å². The van der Waals surface area contributed by atoms with Gasteiger partial charge in [-0.3, -0.25) is 29.3 Å². The summed E-state index contributed by atoms with van der Waals surface area (Å²) in [5.74, 6) is 2.70. The van der Waals surface area contributed by atoms with Gasteiger partial charge in [0.15, 0.2) is 17.7 Å². The Bertz CT molecular complexity index is 2000. The Labute approximate surface area is 357 Å². The molecular formula is C45H61N5O9S. The van der Waals surface area contributed by atoms with Crippen molar-refractivity contribution in [2.24, 2.45) is 34.1 Å². The van der Waals surface area contributed by atoms with Crippen LogP contribution in [-0.4, -0.2) is 125 Å². The number of Topliss-reactive ketones (excluding diaryl/α,β-unsaturated/α-hetero) is 1. The predicted octanol–water partition coefficient (Wildman–Crippen LogP) is 5.83. The van der Waals surface area contributed by atoms with E-state index in [0.717, 1.165) is 5.71 Å². The molecule has 4 aliphatic rings. The lowest BCUT2D eigenvalue weighted by molar-refractivity contribution is -0.286. The van der Waals surface area contributed by atoms with Crippen molar-refractivity contribution in [3.63, 3.8) is 0 Å². The number of likely N-dealkylation sites (N-methyl/N-ethyl adjacent to an activating group) is 1. The van der Waals surface area contributed by atoms with Crippen molar-refractivity contribution in [2.45, 2.75) is 129 Å². The topological polar surface area (TPSA) is 169 Å². The molecule has 6 rings (SSSR count). The summed E-state index contributed by atoms with van der Waals surface area (Å²) in [4.78, 5) is 69.2. The fraction of sp³-hybridized carbons (Fsp3) is 0.644. The van der Waals surface area contributed by atoms with Crippen LogP contribution in [0.3, 0.4) is 0 Å². The van der Waals surface area contributed by atoms with Crippen molar-refractivity contribution >= 4 is 46.5 Å². The lowest BCUT2D eigenvalue weighted by Gasteiger charge is -2.47. The molecule has 2 N–H and O–H groups in total. The van der Waals surface area contributed by atoms with Crippen LogP contribution in [0.15, 0.2) is 41.7 Å². The Morgan fingerprint density at radius 1 is 1.12 bits per heavy atom. The third-order valence-electron chi connectivity index (χ3n) is 13.0. The molecule has 0 aliphatic carbocycles. The molecule has 326 valence electrons. The first kappa shape index (κ1) is 45.3. The first-order valence-electron chi connectivity index (χ1n) is 21.1. The average Bonchev–Trinajstić information content (AvgIpc) is 3.72. The number of carbonyl (C=O) groups is 4. The molecular weight excluding hydrogens is 787 g/mol. The number of thiophene rings is 1. The number of aliphatic hydroxyl groups is 1. The van der Waals surface area contributed by atoms with Crippen LogP contribution in [0.25, 0.3) is 0 Å². The number of hydrogen-bond donors (Lipinski definition) is 2. The van der Waals surface area contributed by atoms with Crippen LogP contribution in [0.4, 0.5) is 10.5 Å². The fourth-order valence-corrected chi connectivity index (χ4v) is 10.7. The van der Waals surface area contributed by atoms with E-state index < -0.39 is 71.3 Å². The number of esters is 1. The number of aliphatic hydroxyl groups excluding tert-OH is 1. The summed E-state index contributed by atoms with van der Waals surface area (Å²) >= 11 is 1.26. The van der Waals surface area contributed by atoms with Gasteiger partial charge in [0.2, 0.25) is 0 Å². The van der Waals surface area contributed by atoms with Gasteiger partial charge in [0.05, 0.1) is 46.4 Å². The number of ether oxygens (including phenoxy) is 4. The Morgan fingerprint density at radius 2 is 1.87 bits per heavy atom. The average molecular weight is 848 g/mol. The maximum absolute atomic E-state index is 14.7. The molecule has 13 atom stereocenters. The van der Waals surface area contributed by atoms with Crippen LogP contribution < -0.4 is 5.32 Å². The van der Waals surface area contributed by atoms with Crippen LogP contribution >= 0.6 is 11.3 Å². The summed E-state index contributed by atoms with van der Waals surface area (Å²) in [6, 6.07) is 6.27. The van der Waals surface area contributed by atoms with Crippen molar-refractivity contribution in [3.8, 4) is 11.8 Å². The number of anilines is 1. The number of fused-ring (bicyclic) bond motifs is 1. The largest absolute Gasteiger partial charge is 0.458 e. The number of rotatable bonds is 7. The van der Waals surface area contributed by atoms with Gasteiger partial charge in [-0.25, -0.2) is 4.79 Å². The normalized spacial score (nSPS) is 36.3. The van der Waals surface area contributed by atoms with Crippen LogP contribution in [0.1, 0.15) is 95.6 Å². The second-order valence-electron chi connectivity index (χ2n) is 17.8. The first-order valence-corrected chi connectivity index (χ1v) is 21.9. The molecule has 0 aromatic carbocycles. The number of pyridine rings is 1. The molecule has 2 bridgehead atoms. The van der Waals surface area contributed by atoms with Gasteiger partial charge < -0.3 is 34.3 Å². The number of aromatic nitrogens is 1. The van der Waals surface area contributed by atoms with Crippen LogP contribution in [0.2, 0.25) is 0 Å². The highest BCUT2D eigenvalue weighted by atomic mass is 32.1. The highest BCUT2D eigenvalue weighted by Gasteiger charge is 2.60. The third kappa shape index (κ3) is 9.18. The molecule has 2 aromatic heterocycles. The van der Waals surface area contributed by atoms with E-state index in [4.69, 9.17) is 23.9 Å². The zero-order valence-corrected chi connectivity index (χ0v) is 37.3. The van der Waals surface area contributed by atoms with E-state index in [9.17, 15) is 24.3 Å². The van der Waals surface area contributed by atoms with Gasteiger partial charge in [0, 0.05) is 48.2 Å². The Morgan fingerprint density at radius 3 is 2.55 bits per heavy atom. The number of nitrogens with zero attached hydrogens (tertiary/aromatic N) is 4.